The highest BCUT2D eigenvalue weighted by Gasteiger charge is 2.43. The summed E-state index contributed by atoms with van der Waals surface area (Å²) in [5, 5.41) is 3.24. The number of carbonyl (C=O) groups excluding carboxylic acids is 1. The molecule has 4 nitrogen and oxygen atoms in total. The number of allylic oxidation sites excluding steroid dienone is 4. The number of benzene rings is 1. The Morgan fingerprint density at radius 3 is 2.64 bits per heavy atom. The van der Waals surface area contributed by atoms with Gasteiger partial charge in [0.2, 0.25) is 0 Å². The van der Waals surface area contributed by atoms with Crippen molar-refractivity contribution in [2.75, 3.05) is 5.75 Å². The summed E-state index contributed by atoms with van der Waals surface area (Å²) < 4.78 is 39.6. The zero-order chi connectivity index (χ0) is 17.8. The quantitative estimate of drug-likeness (QED) is 0.744. The third kappa shape index (κ3) is 2.77. The van der Waals surface area contributed by atoms with Crippen molar-refractivity contribution in [3.8, 4) is 0 Å². The molecule has 0 amide bonds. The van der Waals surface area contributed by atoms with E-state index in [4.69, 9.17) is 0 Å². The van der Waals surface area contributed by atoms with E-state index in [-0.39, 0.29) is 16.0 Å². The van der Waals surface area contributed by atoms with Crippen LogP contribution in [0.4, 0.5) is 4.39 Å². The van der Waals surface area contributed by atoms with Gasteiger partial charge in [0.1, 0.15) is 5.82 Å². The number of hydrogen-bond donors (Lipinski definition) is 1. The Balaban J connectivity index is 1.97. The first-order valence-electron chi connectivity index (χ1n) is 8.32. The predicted molar refractivity (Wildman–Crippen MR) is 95.9 cm³/mol. The van der Waals surface area contributed by atoms with E-state index in [2.05, 4.69) is 21.2 Å². The highest BCUT2D eigenvalue weighted by atomic mass is 79.9. The van der Waals surface area contributed by atoms with Crippen LogP contribution in [0.25, 0.3) is 0 Å². The molecule has 1 aromatic carbocycles. The van der Waals surface area contributed by atoms with Crippen molar-refractivity contribution in [1.29, 1.82) is 0 Å². The van der Waals surface area contributed by atoms with Gasteiger partial charge in [0.05, 0.1) is 21.0 Å². The van der Waals surface area contributed by atoms with Gasteiger partial charge in [-0.3, -0.25) is 4.79 Å². The van der Waals surface area contributed by atoms with Gasteiger partial charge >= 0.3 is 0 Å². The van der Waals surface area contributed by atoms with Crippen LogP contribution < -0.4 is 5.32 Å². The number of Topliss-reactive ketones (excluding diaryl/α,β-unsaturated/α-hetero) is 1. The molecule has 132 valence electrons. The van der Waals surface area contributed by atoms with Crippen molar-refractivity contribution in [3.05, 3.63) is 55.9 Å². The molecule has 0 spiro atoms. The largest absolute Gasteiger partial charge is 0.361 e. The lowest BCUT2D eigenvalue weighted by molar-refractivity contribution is -0.116. The molecule has 1 atom stereocenters. The summed E-state index contributed by atoms with van der Waals surface area (Å²) in [5.41, 5.74) is 2.70. The lowest BCUT2D eigenvalue weighted by atomic mass is 9.79. The molecule has 2 heterocycles. The van der Waals surface area contributed by atoms with Gasteiger partial charge in [-0.2, -0.15) is 0 Å². The van der Waals surface area contributed by atoms with Gasteiger partial charge in [-0.05, 0) is 59.3 Å². The van der Waals surface area contributed by atoms with E-state index in [1.807, 2.05) is 0 Å². The Bertz CT molecular complexity index is 949. The van der Waals surface area contributed by atoms with E-state index in [1.165, 1.54) is 6.07 Å². The van der Waals surface area contributed by atoms with Gasteiger partial charge in [0.25, 0.3) is 0 Å². The zero-order valence-corrected chi connectivity index (χ0v) is 15.8. The fourth-order valence-corrected chi connectivity index (χ4v) is 6.27. The summed E-state index contributed by atoms with van der Waals surface area (Å²) in [4.78, 5) is 12.9. The fraction of sp³-hybridized carbons (Fsp3) is 0.389. The van der Waals surface area contributed by atoms with Gasteiger partial charge in [-0.25, -0.2) is 12.8 Å². The minimum absolute atomic E-state index is 0.0217. The molecule has 0 saturated carbocycles. The Hall–Kier alpha value is -1.47. The Morgan fingerprint density at radius 2 is 1.88 bits per heavy atom. The van der Waals surface area contributed by atoms with E-state index in [9.17, 15) is 17.6 Å². The van der Waals surface area contributed by atoms with Crippen molar-refractivity contribution in [2.45, 2.75) is 38.0 Å². The van der Waals surface area contributed by atoms with Crippen molar-refractivity contribution < 1.29 is 17.6 Å². The summed E-state index contributed by atoms with van der Waals surface area (Å²) in [6.45, 7) is 0. The molecule has 1 aromatic rings. The zero-order valence-electron chi connectivity index (χ0n) is 13.4. The third-order valence-corrected chi connectivity index (χ3v) is 7.64. The van der Waals surface area contributed by atoms with Gasteiger partial charge in [-0.15, -0.1) is 0 Å². The number of halogens is 2. The third-order valence-electron chi connectivity index (χ3n) is 5.06. The van der Waals surface area contributed by atoms with Gasteiger partial charge in [0.15, 0.2) is 15.6 Å². The van der Waals surface area contributed by atoms with E-state index >= 15 is 0 Å². The topological polar surface area (TPSA) is 63.2 Å². The monoisotopic (exact) mass is 425 g/mol. The molecular formula is C18H17BrFNO3S. The number of ketones is 1. The van der Waals surface area contributed by atoms with Gasteiger partial charge < -0.3 is 5.32 Å². The Labute approximate surface area is 154 Å². The molecule has 4 rings (SSSR count). The first kappa shape index (κ1) is 17.0. The summed E-state index contributed by atoms with van der Waals surface area (Å²) in [6, 6.07) is 4.48. The molecule has 0 bridgehead atoms. The Morgan fingerprint density at radius 1 is 1.12 bits per heavy atom. The Kier molecular flexibility index (Phi) is 4.11. The maximum atomic E-state index is 13.7. The molecule has 2 aliphatic heterocycles. The first-order chi connectivity index (χ1) is 11.9. The highest BCUT2D eigenvalue weighted by Crippen LogP contribution is 2.47. The van der Waals surface area contributed by atoms with Crippen molar-refractivity contribution in [1.82, 2.24) is 5.32 Å². The van der Waals surface area contributed by atoms with E-state index in [0.29, 0.717) is 41.0 Å². The SMILES string of the molecule is O=C1CCCC2=C1[C@H](c1ccc(F)c(Br)c1)C1=C(CCCS1(=O)=O)N2. The average Bonchev–Trinajstić information content (AvgIpc) is 2.55. The van der Waals surface area contributed by atoms with Crippen LogP contribution in [-0.4, -0.2) is 20.0 Å². The average molecular weight is 426 g/mol. The van der Waals surface area contributed by atoms with Crippen LogP contribution in [-0.2, 0) is 14.6 Å². The minimum atomic E-state index is -3.46. The van der Waals surface area contributed by atoms with Crippen LogP contribution in [0.15, 0.2) is 44.5 Å². The number of sulfone groups is 1. The standard InChI is InChI=1S/C18H17BrFNO3S/c19-11-9-10(6-7-12(11)20)16-17-13(3-1-5-15(17)22)21-14-4-2-8-25(23,24)18(14)16/h6-7,9,16,21H,1-5,8H2/t16-/m0/s1. The van der Waals surface area contributed by atoms with E-state index < -0.39 is 21.6 Å². The number of dihydropyridines is 1. The second kappa shape index (κ2) is 6.06. The molecule has 7 heteroatoms. The number of nitrogens with one attached hydrogen (secondary N) is 1. The molecular weight excluding hydrogens is 409 g/mol. The number of carbonyl (C=O) groups is 1. The second-order valence-corrected chi connectivity index (χ2v) is 9.60. The molecule has 1 aliphatic carbocycles. The molecule has 0 fully saturated rings. The van der Waals surface area contributed by atoms with E-state index in [0.717, 1.165) is 18.5 Å². The van der Waals surface area contributed by atoms with Crippen LogP contribution in [0.1, 0.15) is 43.6 Å². The lowest BCUT2D eigenvalue weighted by Crippen LogP contribution is -2.37. The minimum Gasteiger partial charge on any atom is -0.361 e. The molecule has 0 aromatic heterocycles. The molecule has 1 N–H and O–H groups in total. The number of hydrogen-bond acceptors (Lipinski definition) is 4. The summed E-state index contributed by atoms with van der Waals surface area (Å²) >= 11 is 3.18. The van der Waals surface area contributed by atoms with Crippen LogP contribution in [0.5, 0.6) is 0 Å². The van der Waals surface area contributed by atoms with Crippen LogP contribution in [0.2, 0.25) is 0 Å². The predicted octanol–water partition coefficient (Wildman–Crippen LogP) is 3.70. The van der Waals surface area contributed by atoms with Crippen LogP contribution in [0, 0.1) is 5.82 Å². The van der Waals surface area contributed by atoms with Gasteiger partial charge in [-0.1, -0.05) is 6.07 Å². The molecule has 3 aliphatic rings. The first-order valence-corrected chi connectivity index (χ1v) is 10.8. The highest BCUT2D eigenvalue weighted by molar-refractivity contribution is 9.10. The smallest absolute Gasteiger partial charge is 0.177 e. The van der Waals surface area contributed by atoms with E-state index in [1.54, 1.807) is 12.1 Å². The van der Waals surface area contributed by atoms with Crippen molar-refractivity contribution >= 4 is 31.6 Å². The summed E-state index contributed by atoms with van der Waals surface area (Å²) in [5.74, 6) is -0.987. The van der Waals surface area contributed by atoms with Gasteiger partial charge in [0, 0.05) is 23.4 Å². The second-order valence-electron chi connectivity index (χ2n) is 6.67. The number of rotatable bonds is 1. The maximum Gasteiger partial charge on any atom is 0.177 e. The van der Waals surface area contributed by atoms with Crippen LogP contribution >= 0.6 is 15.9 Å². The molecule has 25 heavy (non-hydrogen) atoms. The van der Waals surface area contributed by atoms with Crippen LogP contribution in [0.3, 0.4) is 0 Å². The fourth-order valence-electron chi connectivity index (χ4n) is 3.99. The van der Waals surface area contributed by atoms with Crippen molar-refractivity contribution in [2.24, 2.45) is 0 Å². The lowest BCUT2D eigenvalue weighted by Gasteiger charge is -2.37. The summed E-state index contributed by atoms with van der Waals surface area (Å²) in [6.07, 6.45) is 3.14. The summed E-state index contributed by atoms with van der Waals surface area (Å²) in [7, 11) is -3.46. The molecule has 0 unspecified atom stereocenters. The molecule has 0 saturated heterocycles. The molecule has 0 radical (unpaired) electrons. The maximum absolute atomic E-state index is 13.7. The van der Waals surface area contributed by atoms with Crippen molar-refractivity contribution in [3.63, 3.8) is 0 Å². The normalized spacial score (nSPS) is 25.4.